The van der Waals surface area contributed by atoms with Crippen molar-refractivity contribution in [3.05, 3.63) is 0 Å². The second-order valence-corrected chi connectivity index (χ2v) is 4.61. The van der Waals surface area contributed by atoms with Crippen LogP contribution in [0.1, 0.15) is 52.4 Å². The summed E-state index contributed by atoms with van der Waals surface area (Å²) in [7, 11) is 0. The van der Waals surface area contributed by atoms with E-state index in [0.717, 1.165) is 6.42 Å². The molecule has 0 aromatic carbocycles. The lowest BCUT2D eigenvalue weighted by atomic mass is 9.71. The van der Waals surface area contributed by atoms with Gasteiger partial charge in [0.05, 0.1) is 6.07 Å². The number of hydrogen-bond donors (Lipinski definition) is 0. The van der Waals surface area contributed by atoms with Gasteiger partial charge in [0.25, 0.3) is 0 Å². The first-order chi connectivity index (χ1) is 5.66. The van der Waals surface area contributed by atoms with Crippen molar-refractivity contribution in [3.8, 4) is 6.07 Å². The van der Waals surface area contributed by atoms with Gasteiger partial charge in [0.1, 0.15) is 0 Å². The van der Waals surface area contributed by atoms with Crippen LogP contribution < -0.4 is 0 Å². The lowest BCUT2D eigenvalue weighted by Gasteiger charge is -2.34. The maximum Gasteiger partial charge on any atom is 0.0653 e. The number of hydrogen-bond acceptors (Lipinski definition) is 1. The summed E-state index contributed by atoms with van der Waals surface area (Å²) in [5, 5.41) is 8.73. The Labute approximate surface area is 75.8 Å². The molecule has 1 heteroatoms. The van der Waals surface area contributed by atoms with Gasteiger partial charge >= 0.3 is 0 Å². The average Bonchev–Trinajstić information content (AvgIpc) is 2.05. The van der Waals surface area contributed by atoms with Crippen molar-refractivity contribution in [1.82, 2.24) is 0 Å². The topological polar surface area (TPSA) is 23.8 Å². The molecule has 1 saturated carbocycles. The van der Waals surface area contributed by atoms with Gasteiger partial charge in [-0.25, -0.2) is 0 Å². The molecule has 0 amide bonds. The predicted molar refractivity (Wildman–Crippen MR) is 50.6 cm³/mol. The van der Waals surface area contributed by atoms with Crippen LogP contribution in [-0.4, -0.2) is 0 Å². The van der Waals surface area contributed by atoms with Crippen LogP contribution >= 0.6 is 0 Å². The molecule has 68 valence electrons. The third-order valence-corrected chi connectivity index (χ3v) is 3.08. The Hall–Kier alpha value is -0.510. The predicted octanol–water partition coefficient (Wildman–Crippen LogP) is 3.51. The Morgan fingerprint density at radius 2 is 1.92 bits per heavy atom. The van der Waals surface area contributed by atoms with Crippen molar-refractivity contribution in [3.63, 3.8) is 0 Å². The summed E-state index contributed by atoms with van der Waals surface area (Å²) in [4.78, 5) is 0. The van der Waals surface area contributed by atoms with Crippen molar-refractivity contribution in [2.24, 2.45) is 11.3 Å². The molecule has 0 aromatic rings. The average molecular weight is 165 g/mol. The minimum atomic E-state index is 0.244. The molecule has 0 N–H and O–H groups in total. The highest BCUT2D eigenvalue weighted by Gasteiger charge is 2.28. The summed E-state index contributed by atoms with van der Waals surface area (Å²) >= 11 is 0. The Morgan fingerprint density at radius 1 is 1.33 bits per heavy atom. The Balaban J connectivity index is 2.42. The Kier molecular flexibility index (Phi) is 3.14. The number of nitriles is 1. The molecule has 1 fully saturated rings. The van der Waals surface area contributed by atoms with Crippen LogP contribution in [0.3, 0.4) is 0 Å². The lowest BCUT2D eigenvalue weighted by molar-refractivity contribution is 0.183. The van der Waals surface area contributed by atoms with Gasteiger partial charge in [0, 0.05) is 5.92 Å². The summed E-state index contributed by atoms with van der Waals surface area (Å²) in [5.41, 5.74) is 0.480. The van der Waals surface area contributed by atoms with E-state index < -0.39 is 0 Å². The maximum absolute atomic E-state index is 8.73. The minimum Gasteiger partial charge on any atom is -0.198 e. The summed E-state index contributed by atoms with van der Waals surface area (Å²) in [6.07, 6.45) is 7.90. The molecule has 0 heterocycles. The Morgan fingerprint density at radius 3 is 2.42 bits per heavy atom. The molecule has 1 unspecified atom stereocenters. The van der Waals surface area contributed by atoms with Crippen molar-refractivity contribution in [2.45, 2.75) is 52.4 Å². The minimum absolute atomic E-state index is 0.244. The Bertz CT molecular complexity index is 172. The zero-order valence-corrected chi connectivity index (χ0v) is 8.27. The maximum atomic E-state index is 8.73. The van der Waals surface area contributed by atoms with Gasteiger partial charge in [-0.1, -0.05) is 26.2 Å². The molecule has 12 heavy (non-hydrogen) atoms. The van der Waals surface area contributed by atoms with Crippen LogP contribution in [0.4, 0.5) is 0 Å². The number of nitrogens with zero attached hydrogens (tertiary/aromatic N) is 1. The van der Waals surface area contributed by atoms with Gasteiger partial charge in [-0.15, -0.1) is 0 Å². The molecule has 1 aliphatic carbocycles. The molecular formula is C11H19N. The highest BCUT2D eigenvalue weighted by Crippen LogP contribution is 2.40. The summed E-state index contributed by atoms with van der Waals surface area (Å²) < 4.78 is 0. The van der Waals surface area contributed by atoms with E-state index in [0.29, 0.717) is 5.41 Å². The van der Waals surface area contributed by atoms with Gasteiger partial charge in [-0.3, -0.25) is 0 Å². The van der Waals surface area contributed by atoms with E-state index in [9.17, 15) is 0 Å². The highest BCUT2D eigenvalue weighted by atomic mass is 14.3. The number of rotatable bonds is 2. The fraction of sp³-hybridized carbons (Fsp3) is 0.909. The molecule has 0 spiro atoms. The fourth-order valence-electron chi connectivity index (χ4n) is 2.39. The molecule has 1 nitrogen and oxygen atoms in total. The molecule has 0 radical (unpaired) electrons. The van der Waals surface area contributed by atoms with Crippen molar-refractivity contribution < 1.29 is 0 Å². The molecular weight excluding hydrogens is 146 g/mol. The fourth-order valence-corrected chi connectivity index (χ4v) is 2.39. The molecule has 1 atom stereocenters. The van der Waals surface area contributed by atoms with Crippen LogP contribution in [0.2, 0.25) is 0 Å². The second kappa shape index (κ2) is 3.94. The summed E-state index contributed by atoms with van der Waals surface area (Å²) in [5.74, 6) is 0.244. The van der Waals surface area contributed by atoms with Crippen molar-refractivity contribution >= 4 is 0 Å². The van der Waals surface area contributed by atoms with E-state index in [1.54, 1.807) is 0 Å². The van der Waals surface area contributed by atoms with Gasteiger partial charge in [0.2, 0.25) is 0 Å². The van der Waals surface area contributed by atoms with Gasteiger partial charge < -0.3 is 0 Å². The van der Waals surface area contributed by atoms with Crippen molar-refractivity contribution in [2.75, 3.05) is 0 Å². The quantitative estimate of drug-likeness (QED) is 0.614. The van der Waals surface area contributed by atoms with Gasteiger partial charge in [-0.2, -0.15) is 5.26 Å². The van der Waals surface area contributed by atoms with E-state index in [4.69, 9.17) is 5.26 Å². The van der Waals surface area contributed by atoms with E-state index in [1.165, 1.54) is 32.1 Å². The van der Waals surface area contributed by atoms with Crippen LogP contribution in [0, 0.1) is 22.7 Å². The molecule has 0 saturated heterocycles. The molecule has 1 aliphatic rings. The zero-order valence-electron chi connectivity index (χ0n) is 8.27. The monoisotopic (exact) mass is 165 g/mol. The van der Waals surface area contributed by atoms with Crippen LogP contribution in [-0.2, 0) is 0 Å². The third-order valence-electron chi connectivity index (χ3n) is 3.08. The largest absolute Gasteiger partial charge is 0.198 e. The lowest BCUT2D eigenvalue weighted by Crippen LogP contribution is -2.22. The van der Waals surface area contributed by atoms with E-state index in [1.807, 2.05) is 6.92 Å². The third kappa shape index (κ3) is 2.52. The molecule has 0 aromatic heterocycles. The van der Waals surface area contributed by atoms with Crippen LogP contribution in [0.25, 0.3) is 0 Å². The smallest absolute Gasteiger partial charge is 0.0653 e. The SMILES string of the molecule is CC(C#N)CC1(C)CCCCC1. The second-order valence-electron chi connectivity index (χ2n) is 4.61. The summed E-state index contributed by atoms with van der Waals surface area (Å²) in [6, 6.07) is 2.34. The standard InChI is InChI=1S/C11H19N/c1-10(9-12)8-11(2)6-4-3-5-7-11/h10H,3-8H2,1-2H3. The zero-order chi connectivity index (χ0) is 9.03. The van der Waals surface area contributed by atoms with E-state index in [2.05, 4.69) is 13.0 Å². The summed E-state index contributed by atoms with van der Waals surface area (Å²) in [6.45, 7) is 4.39. The van der Waals surface area contributed by atoms with Crippen molar-refractivity contribution in [1.29, 1.82) is 5.26 Å². The first kappa shape index (κ1) is 9.58. The first-order valence-corrected chi connectivity index (χ1v) is 5.06. The first-order valence-electron chi connectivity index (χ1n) is 5.06. The normalized spacial score (nSPS) is 24.4. The van der Waals surface area contributed by atoms with Gasteiger partial charge in [-0.05, 0) is 31.6 Å². The molecule has 1 rings (SSSR count). The molecule has 0 aliphatic heterocycles. The van der Waals surface area contributed by atoms with E-state index in [-0.39, 0.29) is 5.92 Å². The van der Waals surface area contributed by atoms with Crippen LogP contribution in [0.5, 0.6) is 0 Å². The van der Waals surface area contributed by atoms with Gasteiger partial charge in [0.15, 0.2) is 0 Å². The van der Waals surface area contributed by atoms with E-state index >= 15 is 0 Å². The molecule has 0 bridgehead atoms. The highest BCUT2D eigenvalue weighted by molar-refractivity contribution is 4.87. The van der Waals surface area contributed by atoms with Crippen LogP contribution in [0.15, 0.2) is 0 Å².